The highest BCUT2D eigenvalue weighted by molar-refractivity contribution is 5.33. The van der Waals surface area contributed by atoms with Gasteiger partial charge in [-0.2, -0.15) is 0 Å². The number of benzene rings is 1. The molecular formula is C16H22. The summed E-state index contributed by atoms with van der Waals surface area (Å²) >= 11 is 0. The van der Waals surface area contributed by atoms with Gasteiger partial charge in [-0.3, -0.25) is 0 Å². The van der Waals surface area contributed by atoms with Gasteiger partial charge in [0.15, 0.2) is 0 Å². The summed E-state index contributed by atoms with van der Waals surface area (Å²) in [5.41, 5.74) is 4.39. The van der Waals surface area contributed by atoms with Crippen LogP contribution in [0, 0.1) is 17.8 Å². The predicted molar refractivity (Wildman–Crippen MR) is 71.5 cm³/mol. The summed E-state index contributed by atoms with van der Waals surface area (Å²) in [4.78, 5) is 0. The molecule has 1 aromatic carbocycles. The molecule has 0 aliphatic carbocycles. The fraction of sp³-hybridized carbons (Fsp3) is 0.500. The zero-order valence-corrected chi connectivity index (χ0v) is 10.9. The summed E-state index contributed by atoms with van der Waals surface area (Å²) in [6, 6.07) is 6.88. The van der Waals surface area contributed by atoms with Gasteiger partial charge in [0, 0.05) is 5.92 Å². The van der Waals surface area contributed by atoms with E-state index >= 15 is 0 Å². The first-order valence-electron chi connectivity index (χ1n) is 6.24. The molecular weight excluding hydrogens is 192 g/mol. The van der Waals surface area contributed by atoms with Gasteiger partial charge in [0.2, 0.25) is 0 Å². The second-order valence-electron chi connectivity index (χ2n) is 4.31. The smallest absolute Gasteiger partial charge is 0.0214 e. The molecule has 1 unspecified atom stereocenters. The molecule has 0 saturated heterocycles. The lowest BCUT2D eigenvalue weighted by molar-refractivity contribution is 0.741. The van der Waals surface area contributed by atoms with Gasteiger partial charge in [-0.25, -0.2) is 0 Å². The van der Waals surface area contributed by atoms with Crippen molar-refractivity contribution in [1.29, 1.82) is 0 Å². The molecule has 0 N–H and O–H groups in total. The Labute approximate surface area is 100 Å². The summed E-state index contributed by atoms with van der Waals surface area (Å²) in [6.45, 7) is 8.55. The van der Waals surface area contributed by atoms with Crippen molar-refractivity contribution < 1.29 is 0 Å². The van der Waals surface area contributed by atoms with Gasteiger partial charge < -0.3 is 0 Å². The van der Waals surface area contributed by atoms with Gasteiger partial charge in [0.25, 0.3) is 0 Å². The lowest BCUT2D eigenvalue weighted by Gasteiger charge is -2.11. The van der Waals surface area contributed by atoms with E-state index in [1.165, 1.54) is 16.7 Å². The highest BCUT2D eigenvalue weighted by Crippen LogP contribution is 2.17. The van der Waals surface area contributed by atoms with Crippen molar-refractivity contribution in [3.05, 3.63) is 34.9 Å². The summed E-state index contributed by atoms with van der Waals surface area (Å²) < 4.78 is 0. The van der Waals surface area contributed by atoms with Crippen LogP contribution in [0.5, 0.6) is 0 Å². The maximum absolute atomic E-state index is 3.23. The van der Waals surface area contributed by atoms with E-state index in [9.17, 15) is 0 Å². The summed E-state index contributed by atoms with van der Waals surface area (Å²) in [5.74, 6) is 6.70. The van der Waals surface area contributed by atoms with Crippen LogP contribution in [0.3, 0.4) is 0 Å². The Balaban J connectivity index is 2.93. The minimum absolute atomic E-state index is 0.461. The first-order valence-corrected chi connectivity index (χ1v) is 6.24. The fourth-order valence-corrected chi connectivity index (χ4v) is 2.06. The average molecular weight is 214 g/mol. The monoisotopic (exact) mass is 214 g/mol. The van der Waals surface area contributed by atoms with E-state index in [1.807, 2.05) is 6.92 Å². The molecule has 0 heteroatoms. The standard InChI is InChI=1S/C16H22/c1-5-8-13(4)11-16-12-14(6-2)9-10-15(16)7-3/h9-10,12-13H,6-7,11H2,1-4H3. The molecule has 0 fully saturated rings. The van der Waals surface area contributed by atoms with Crippen molar-refractivity contribution in [1.82, 2.24) is 0 Å². The second-order valence-corrected chi connectivity index (χ2v) is 4.31. The Morgan fingerprint density at radius 1 is 1.12 bits per heavy atom. The lowest BCUT2D eigenvalue weighted by atomic mass is 9.93. The van der Waals surface area contributed by atoms with Gasteiger partial charge in [-0.1, -0.05) is 39.0 Å². The normalized spacial score (nSPS) is 11.8. The van der Waals surface area contributed by atoms with Crippen molar-refractivity contribution in [2.75, 3.05) is 0 Å². The molecule has 86 valence electrons. The molecule has 0 bridgehead atoms. The summed E-state index contributed by atoms with van der Waals surface area (Å²) in [5, 5.41) is 0. The van der Waals surface area contributed by atoms with E-state index < -0.39 is 0 Å². The van der Waals surface area contributed by atoms with Crippen LogP contribution in [-0.4, -0.2) is 0 Å². The van der Waals surface area contributed by atoms with Crippen LogP contribution in [0.25, 0.3) is 0 Å². The van der Waals surface area contributed by atoms with Crippen LogP contribution in [0.15, 0.2) is 18.2 Å². The van der Waals surface area contributed by atoms with Crippen LogP contribution < -0.4 is 0 Å². The molecule has 0 heterocycles. The Morgan fingerprint density at radius 3 is 2.44 bits per heavy atom. The third-order valence-electron chi connectivity index (χ3n) is 2.98. The van der Waals surface area contributed by atoms with Crippen LogP contribution >= 0.6 is 0 Å². The van der Waals surface area contributed by atoms with Crippen LogP contribution in [0.2, 0.25) is 0 Å². The Bertz CT molecular complexity index is 390. The van der Waals surface area contributed by atoms with Gasteiger partial charge in [0.05, 0.1) is 0 Å². The van der Waals surface area contributed by atoms with Crippen LogP contribution in [0.1, 0.15) is 44.4 Å². The first kappa shape index (κ1) is 12.8. The molecule has 0 aliphatic heterocycles. The summed E-state index contributed by atoms with van der Waals surface area (Å²) in [7, 11) is 0. The van der Waals surface area contributed by atoms with Gasteiger partial charge >= 0.3 is 0 Å². The van der Waals surface area contributed by atoms with Crippen molar-refractivity contribution in [3.8, 4) is 11.8 Å². The quantitative estimate of drug-likeness (QED) is 0.664. The predicted octanol–water partition coefficient (Wildman–Crippen LogP) is 4.01. The van der Waals surface area contributed by atoms with Gasteiger partial charge in [-0.15, -0.1) is 11.8 Å². The first-order chi connectivity index (χ1) is 7.71. The highest BCUT2D eigenvalue weighted by Gasteiger charge is 2.05. The fourth-order valence-electron chi connectivity index (χ4n) is 2.06. The molecule has 0 spiro atoms. The number of hydrogen-bond donors (Lipinski definition) is 0. The topological polar surface area (TPSA) is 0 Å². The van der Waals surface area contributed by atoms with Gasteiger partial charge in [-0.05, 0) is 42.9 Å². The van der Waals surface area contributed by atoms with Crippen molar-refractivity contribution >= 4 is 0 Å². The number of hydrogen-bond acceptors (Lipinski definition) is 0. The second kappa shape index (κ2) is 6.38. The van der Waals surface area contributed by atoms with Crippen LogP contribution in [0.4, 0.5) is 0 Å². The Hall–Kier alpha value is -1.22. The molecule has 16 heavy (non-hydrogen) atoms. The largest absolute Gasteiger partial charge is 0.106 e. The maximum atomic E-state index is 3.23. The van der Waals surface area contributed by atoms with Gasteiger partial charge in [0.1, 0.15) is 0 Å². The van der Waals surface area contributed by atoms with Crippen molar-refractivity contribution in [2.45, 2.75) is 47.0 Å². The molecule has 0 amide bonds. The van der Waals surface area contributed by atoms with E-state index in [0.717, 1.165) is 19.3 Å². The molecule has 1 aromatic rings. The third-order valence-corrected chi connectivity index (χ3v) is 2.98. The molecule has 0 aromatic heterocycles. The van der Waals surface area contributed by atoms with Crippen LogP contribution in [-0.2, 0) is 19.3 Å². The van der Waals surface area contributed by atoms with E-state index in [0.29, 0.717) is 5.92 Å². The minimum atomic E-state index is 0.461. The van der Waals surface area contributed by atoms with Crippen molar-refractivity contribution in [3.63, 3.8) is 0 Å². The molecule has 0 radical (unpaired) electrons. The molecule has 0 aliphatic rings. The Kier molecular flexibility index (Phi) is 5.12. The lowest BCUT2D eigenvalue weighted by Crippen LogP contribution is -2.01. The zero-order chi connectivity index (χ0) is 12.0. The molecule has 1 atom stereocenters. The minimum Gasteiger partial charge on any atom is -0.106 e. The maximum Gasteiger partial charge on any atom is 0.0214 e. The summed E-state index contributed by atoms with van der Waals surface area (Å²) in [6.07, 6.45) is 3.31. The molecule has 0 saturated carbocycles. The van der Waals surface area contributed by atoms with Crippen molar-refractivity contribution in [2.24, 2.45) is 5.92 Å². The molecule has 0 nitrogen and oxygen atoms in total. The third kappa shape index (κ3) is 3.42. The van der Waals surface area contributed by atoms with E-state index in [4.69, 9.17) is 0 Å². The highest BCUT2D eigenvalue weighted by atomic mass is 14.1. The zero-order valence-electron chi connectivity index (χ0n) is 10.9. The van der Waals surface area contributed by atoms with E-state index in [-0.39, 0.29) is 0 Å². The number of rotatable bonds is 4. The SMILES string of the molecule is CC#CC(C)Cc1cc(CC)ccc1CC. The van der Waals surface area contributed by atoms with E-state index in [2.05, 4.69) is 50.8 Å². The van der Waals surface area contributed by atoms with E-state index in [1.54, 1.807) is 0 Å². The number of aryl methyl sites for hydroxylation is 2. The average Bonchev–Trinajstić information content (AvgIpc) is 2.29. The Morgan fingerprint density at radius 2 is 1.88 bits per heavy atom. The molecule has 1 rings (SSSR count).